The van der Waals surface area contributed by atoms with Crippen molar-refractivity contribution >= 4 is 28.6 Å². The molecule has 0 bridgehead atoms. The summed E-state index contributed by atoms with van der Waals surface area (Å²) < 4.78 is 1.84. The molecule has 1 amide bonds. The van der Waals surface area contributed by atoms with Crippen LogP contribution in [0.2, 0.25) is 0 Å². The Balaban J connectivity index is 2.07. The van der Waals surface area contributed by atoms with Gasteiger partial charge in [0, 0.05) is 18.3 Å². The number of benzene rings is 2. The highest BCUT2D eigenvalue weighted by Gasteiger charge is 2.09. The maximum absolute atomic E-state index is 11.1. The van der Waals surface area contributed by atoms with Crippen molar-refractivity contribution in [2.45, 2.75) is 6.92 Å². The van der Waals surface area contributed by atoms with Gasteiger partial charge in [0.05, 0.1) is 16.6 Å². The predicted octanol–water partition coefficient (Wildman–Crippen LogP) is 2.68. The van der Waals surface area contributed by atoms with Crippen molar-refractivity contribution in [3.05, 3.63) is 54.4 Å². The van der Waals surface area contributed by atoms with Crippen molar-refractivity contribution in [2.75, 3.05) is 5.32 Å². The van der Waals surface area contributed by atoms with Gasteiger partial charge in [-0.1, -0.05) is 6.07 Å². The van der Waals surface area contributed by atoms with Gasteiger partial charge in [-0.25, -0.2) is 9.78 Å². The molecule has 3 aromatic rings. The number of imidazole rings is 1. The number of amides is 1. The molecule has 1 aromatic heterocycles. The summed E-state index contributed by atoms with van der Waals surface area (Å²) in [6.07, 6.45) is 1.63. The number of carboxylic acids is 1. The van der Waals surface area contributed by atoms with Gasteiger partial charge in [0.2, 0.25) is 5.91 Å². The van der Waals surface area contributed by atoms with Crippen LogP contribution < -0.4 is 5.32 Å². The lowest BCUT2D eigenvalue weighted by atomic mass is 10.2. The molecule has 0 aliphatic carbocycles. The number of rotatable bonds is 3. The van der Waals surface area contributed by atoms with Gasteiger partial charge in [-0.2, -0.15) is 0 Å². The van der Waals surface area contributed by atoms with Crippen molar-refractivity contribution in [1.82, 2.24) is 9.55 Å². The first kappa shape index (κ1) is 13.8. The van der Waals surface area contributed by atoms with Crippen molar-refractivity contribution in [3.8, 4) is 5.69 Å². The molecule has 0 saturated carbocycles. The number of hydrogen-bond acceptors (Lipinski definition) is 3. The van der Waals surface area contributed by atoms with E-state index in [0.29, 0.717) is 11.2 Å². The van der Waals surface area contributed by atoms with Gasteiger partial charge in [0.15, 0.2) is 0 Å². The van der Waals surface area contributed by atoms with Crippen LogP contribution >= 0.6 is 0 Å². The van der Waals surface area contributed by atoms with E-state index in [2.05, 4.69) is 10.3 Å². The Morgan fingerprint density at radius 3 is 2.73 bits per heavy atom. The molecule has 0 aliphatic heterocycles. The minimum absolute atomic E-state index is 0.140. The highest BCUT2D eigenvalue weighted by molar-refractivity contribution is 5.93. The number of anilines is 1. The quantitative estimate of drug-likeness (QED) is 0.778. The summed E-state index contributed by atoms with van der Waals surface area (Å²) in [7, 11) is 0. The molecule has 6 nitrogen and oxygen atoms in total. The molecule has 0 spiro atoms. The fourth-order valence-corrected chi connectivity index (χ4v) is 2.29. The highest BCUT2D eigenvalue weighted by Crippen LogP contribution is 2.21. The number of nitrogens with one attached hydrogen (secondary N) is 1. The molecular formula is C16H13N3O3. The van der Waals surface area contributed by atoms with E-state index in [-0.39, 0.29) is 11.5 Å². The summed E-state index contributed by atoms with van der Waals surface area (Å²) in [6.45, 7) is 1.45. The molecule has 0 radical (unpaired) electrons. The van der Waals surface area contributed by atoms with E-state index in [4.69, 9.17) is 5.11 Å². The monoisotopic (exact) mass is 295 g/mol. The van der Waals surface area contributed by atoms with Crippen LogP contribution in [0.25, 0.3) is 16.7 Å². The predicted molar refractivity (Wildman–Crippen MR) is 82.3 cm³/mol. The summed E-state index contributed by atoms with van der Waals surface area (Å²) in [6, 6.07) is 12.1. The van der Waals surface area contributed by atoms with Crippen molar-refractivity contribution < 1.29 is 14.7 Å². The molecule has 22 heavy (non-hydrogen) atoms. The Kier molecular flexibility index (Phi) is 3.34. The van der Waals surface area contributed by atoms with E-state index in [1.54, 1.807) is 24.5 Å². The van der Waals surface area contributed by atoms with Gasteiger partial charge in [-0.05, 0) is 36.4 Å². The Bertz CT molecular complexity index is 883. The molecular weight excluding hydrogens is 282 g/mol. The summed E-state index contributed by atoms with van der Waals surface area (Å²) >= 11 is 0. The van der Waals surface area contributed by atoms with E-state index >= 15 is 0 Å². The molecule has 2 aromatic carbocycles. The second-order valence-electron chi connectivity index (χ2n) is 4.85. The number of aromatic nitrogens is 2. The minimum Gasteiger partial charge on any atom is -0.478 e. The van der Waals surface area contributed by atoms with E-state index in [1.807, 2.05) is 22.8 Å². The Hall–Kier alpha value is -3.15. The number of hydrogen-bond donors (Lipinski definition) is 2. The lowest BCUT2D eigenvalue weighted by molar-refractivity contribution is -0.114. The zero-order valence-electron chi connectivity index (χ0n) is 11.8. The van der Waals surface area contributed by atoms with Crippen LogP contribution in [0.1, 0.15) is 17.3 Å². The topological polar surface area (TPSA) is 84.2 Å². The number of carbonyl (C=O) groups is 2. The minimum atomic E-state index is -0.982. The van der Waals surface area contributed by atoms with Crippen LogP contribution in [0, 0.1) is 0 Å². The first-order chi connectivity index (χ1) is 10.5. The van der Waals surface area contributed by atoms with Crippen LogP contribution in [-0.4, -0.2) is 26.5 Å². The van der Waals surface area contributed by atoms with E-state index < -0.39 is 5.97 Å². The van der Waals surface area contributed by atoms with Crippen molar-refractivity contribution in [1.29, 1.82) is 0 Å². The third-order valence-corrected chi connectivity index (χ3v) is 3.24. The average Bonchev–Trinajstić information content (AvgIpc) is 2.89. The Labute approximate surface area is 126 Å². The van der Waals surface area contributed by atoms with Gasteiger partial charge < -0.3 is 10.4 Å². The second-order valence-corrected chi connectivity index (χ2v) is 4.85. The molecule has 0 fully saturated rings. The first-order valence-corrected chi connectivity index (χ1v) is 6.63. The van der Waals surface area contributed by atoms with Crippen LogP contribution in [0.5, 0.6) is 0 Å². The number of carbonyl (C=O) groups excluding carboxylic acids is 1. The van der Waals surface area contributed by atoms with E-state index in [0.717, 1.165) is 11.2 Å². The molecule has 0 aliphatic rings. The molecule has 3 rings (SSSR count). The fraction of sp³-hybridized carbons (Fsp3) is 0.0625. The lowest BCUT2D eigenvalue weighted by Gasteiger charge is -2.07. The second kappa shape index (κ2) is 5.33. The molecule has 1 heterocycles. The number of aromatic carboxylic acids is 1. The van der Waals surface area contributed by atoms with Gasteiger partial charge in [-0.15, -0.1) is 0 Å². The van der Waals surface area contributed by atoms with Gasteiger partial charge >= 0.3 is 5.97 Å². The van der Waals surface area contributed by atoms with Crippen molar-refractivity contribution in [3.63, 3.8) is 0 Å². The smallest absolute Gasteiger partial charge is 0.335 e. The van der Waals surface area contributed by atoms with E-state index in [9.17, 15) is 9.59 Å². The molecule has 0 saturated heterocycles. The normalized spacial score (nSPS) is 10.6. The molecule has 2 N–H and O–H groups in total. The van der Waals surface area contributed by atoms with Gasteiger partial charge in [0.25, 0.3) is 0 Å². The Morgan fingerprint density at radius 1 is 1.18 bits per heavy atom. The summed E-state index contributed by atoms with van der Waals surface area (Å²) in [5.41, 5.74) is 3.12. The highest BCUT2D eigenvalue weighted by atomic mass is 16.4. The van der Waals surface area contributed by atoms with E-state index in [1.165, 1.54) is 13.0 Å². The zero-order valence-corrected chi connectivity index (χ0v) is 11.8. The summed E-state index contributed by atoms with van der Waals surface area (Å²) in [5.74, 6) is -1.12. The maximum atomic E-state index is 11.1. The maximum Gasteiger partial charge on any atom is 0.335 e. The average molecular weight is 295 g/mol. The van der Waals surface area contributed by atoms with Crippen LogP contribution in [0.15, 0.2) is 48.8 Å². The summed E-state index contributed by atoms with van der Waals surface area (Å²) in [5, 5.41) is 11.7. The van der Waals surface area contributed by atoms with Crippen LogP contribution in [0.3, 0.4) is 0 Å². The number of fused-ring (bicyclic) bond motifs is 1. The first-order valence-electron chi connectivity index (χ1n) is 6.63. The van der Waals surface area contributed by atoms with Crippen molar-refractivity contribution in [2.24, 2.45) is 0 Å². The van der Waals surface area contributed by atoms with Gasteiger partial charge in [0.1, 0.15) is 6.33 Å². The van der Waals surface area contributed by atoms with Crippen LogP contribution in [-0.2, 0) is 4.79 Å². The largest absolute Gasteiger partial charge is 0.478 e. The SMILES string of the molecule is CC(=O)Nc1cccc(-n2cnc3cc(C(=O)O)ccc32)c1. The standard InChI is InChI=1S/C16H13N3O3/c1-10(20)18-12-3-2-4-13(8-12)19-9-17-14-7-11(16(21)22)5-6-15(14)19/h2-9H,1H3,(H,18,20)(H,21,22). The lowest BCUT2D eigenvalue weighted by Crippen LogP contribution is -2.06. The third-order valence-electron chi connectivity index (χ3n) is 3.24. The number of carboxylic acid groups (broad SMARTS) is 1. The van der Waals surface area contributed by atoms with Crippen LogP contribution in [0.4, 0.5) is 5.69 Å². The molecule has 6 heteroatoms. The third kappa shape index (κ3) is 2.54. The molecule has 110 valence electrons. The molecule has 0 atom stereocenters. The summed E-state index contributed by atoms with van der Waals surface area (Å²) in [4.78, 5) is 26.4. The zero-order chi connectivity index (χ0) is 15.7. The molecule has 0 unspecified atom stereocenters. The van der Waals surface area contributed by atoms with Gasteiger partial charge in [-0.3, -0.25) is 9.36 Å². The Morgan fingerprint density at radius 2 is 2.00 bits per heavy atom. The number of nitrogens with zero attached hydrogens (tertiary/aromatic N) is 2. The fourth-order valence-electron chi connectivity index (χ4n) is 2.29.